The maximum atomic E-state index is 12.6. The number of nitrogens with one attached hydrogen (secondary N) is 1. The van der Waals surface area contributed by atoms with Gasteiger partial charge in [-0.3, -0.25) is 4.79 Å². The second-order valence-electron chi connectivity index (χ2n) is 5.04. The Labute approximate surface area is 127 Å². The molecule has 0 spiro atoms. The molecule has 0 aromatic heterocycles. The smallest absolute Gasteiger partial charge is 0.385 e. The largest absolute Gasteiger partial charge is 0.416 e. The van der Waals surface area contributed by atoms with Gasteiger partial charge in [0.1, 0.15) is 0 Å². The quantitative estimate of drug-likeness (QED) is 0.811. The number of carbonyl (C=O) groups excluding carboxylic acids is 1. The third-order valence-electron chi connectivity index (χ3n) is 3.24. The molecule has 0 amide bonds. The van der Waals surface area contributed by atoms with Gasteiger partial charge in [0.2, 0.25) is 0 Å². The molecule has 2 aromatic rings. The van der Waals surface area contributed by atoms with Crippen molar-refractivity contribution in [3.05, 3.63) is 65.2 Å². The van der Waals surface area contributed by atoms with Crippen LogP contribution in [-0.2, 0) is 6.18 Å². The molecule has 1 N–H and O–H groups in total. The Hall–Kier alpha value is -2.30. The molecule has 22 heavy (non-hydrogen) atoms. The zero-order valence-corrected chi connectivity index (χ0v) is 12.1. The Morgan fingerprint density at radius 2 is 1.77 bits per heavy atom. The third kappa shape index (κ3) is 4.35. The molecule has 0 saturated carbocycles. The number of halogens is 3. The summed E-state index contributed by atoms with van der Waals surface area (Å²) in [6.45, 7) is 2.22. The second kappa shape index (κ2) is 6.64. The predicted octanol–water partition coefficient (Wildman–Crippen LogP) is 4.70. The topological polar surface area (TPSA) is 29.1 Å². The van der Waals surface area contributed by atoms with E-state index in [1.165, 1.54) is 6.07 Å². The highest BCUT2D eigenvalue weighted by atomic mass is 19.4. The molecule has 2 nitrogen and oxygen atoms in total. The Morgan fingerprint density at radius 1 is 1.09 bits per heavy atom. The van der Waals surface area contributed by atoms with E-state index in [9.17, 15) is 18.0 Å². The van der Waals surface area contributed by atoms with Crippen molar-refractivity contribution in [3.8, 4) is 0 Å². The van der Waals surface area contributed by atoms with Crippen LogP contribution in [-0.4, -0.2) is 12.3 Å². The van der Waals surface area contributed by atoms with Crippen molar-refractivity contribution >= 4 is 11.5 Å². The number of Topliss-reactive ketones (excluding diaryl/α,β-unsaturated/α-hetero) is 1. The van der Waals surface area contributed by atoms with Gasteiger partial charge in [0, 0.05) is 24.2 Å². The molecule has 0 radical (unpaired) electrons. The van der Waals surface area contributed by atoms with E-state index < -0.39 is 11.7 Å². The predicted molar refractivity (Wildman–Crippen MR) is 80.1 cm³/mol. The van der Waals surface area contributed by atoms with Crippen LogP contribution >= 0.6 is 0 Å². The Balaban J connectivity index is 1.91. The van der Waals surface area contributed by atoms with Crippen molar-refractivity contribution in [1.82, 2.24) is 0 Å². The monoisotopic (exact) mass is 307 g/mol. The summed E-state index contributed by atoms with van der Waals surface area (Å²) in [5.74, 6) is -0.0422. The number of alkyl halides is 3. The summed E-state index contributed by atoms with van der Waals surface area (Å²) in [7, 11) is 0. The van der Waals surface area contributed by atoms with Crippen LogP contribution in [0.2, 0.25) is 0 Å². The summed E-state index contributed by atoms with van der Waals surface area (Å²) >= 11 is 0. The second-order valence-corrected chi connectivity index (χ2v) is 5.04. The summed E-state index contributed by atoms with van der Waals surface area (Å²) in [4.78, 5) is 12.0. The SMILES string of the molecule is Cc1ccc(C(=O)CCNc2cccc(C(F)(F)F)c2)cc1. The van der Waals surface area contributed by atoms with Crippen LogP contribution in [0.4, 0.5) is 18.9 Å². The van der Waals surface area contributed by atoms with E-state index in [1.807, 2.05) is 19.1 Å². The molecular weight excluding hydrogens is 291 g/mol. The van der Waals surface area contributed by atoms with E-state index in [2.05, 4.69) is 5.32 Å². The Kier molecular flexibility index (Phi) is 4.85. The fourth-order valence-electron chi connectivity index (χ4n) is 2.01. The van der Waals surface area contributed by atoms with Crippen molar-refractivity contribution in [2.75, 3.05) is 11.9 Å². The minimum atomic E-state index is -4.37. The van der Waals surface area contributed by atoms with Crippen molar-refractivity contribution < 1.29 is 18.0 Å². The minimum Gasteiger partial charge on any atom is -0.385 e. The van der Waals surface area contributed by atoms with Crippen molar-refractivity contribution in [2.45, 2.75) is 19.5 Å². The van der Waals surface area contributed by atoms with Gasteiger partial charge in [-0.05, 0) is 25.1 Å². The number of hydrogen-bond acceptors (Lipinski definition) is 2. The summed E-state index contributed by atoms with van der Waals surface area (Å²) in [6.07, 6.45) is -4.14. The van der Waals surface area contributed by atoms with Crippen LogP contribution < -0.4 is 5.32 Å². The summed E-state index contributed by atoms with van der Waals surface area (Å²) in [5, 5.41) is 2.85. The summed E-state index contributed by atoms with van der Waals surface area (Å²) in [6, 6.07) is 12.2. The number of benzene rings is 2. The lowest BCUT2D eigenvalue weighted by atomic mass is 10.1. The lowest BCUT2D eigenvalue weighted by Gasteiger charge is -2.10. The Morgan fingerprint density at radius 3 is 2.41 bits per heavy atom. The van der Waals surface area contributed by atoms with Gasteiger partial charge in [-0.1, -0.05) is 35.9 Å². The molecule has 0 heterocycles. The molecule has 0 fully saturated rings. The molecule has 2 rings (SSSR count). The summed E-state index contributed by atoms with van der Waals surface area (Å²) in [5.41, 5.74) is 1.32. The number of hydrogen-bond donors (Lipinski definition) is 1. The van der Waals surface area contributed by atoms with E-state index >= 15 is 0 Å². The number of aryl methyl sites for hydroxylation is 1. The van der Waals surface area contributed by atoms with Crippen molar-refractivity contribution in [2.24, 2.45) is 0 Å². The van der Waals surface area contributed by atoms with Crippen molar-refractivity contribution in [1.29, 1.82) is 0 Å². The van der Waals surface area contributed by atoms with Crippen LogP contribution in [0.25, 0.3) is 0 Å². The van der Waals surface area contributed by atoms with Gasteiger partial charge in [-0.2, -0.15) is 13.2 Å². The van der Waals surface area contributed by atoms with Gasteiger partial charge in [-0.25, -0.2) is 0 Å². The number of ketones is 1. The first-order valence-corrected chi connectivity index (χ1v) is 6.87. The minimum absolute atomic E-state index is 0.0422. The highest BCUT2D eigenvalue weighted by molar-refractivity contribution is 5.96. The van der Waals surface area contributed by atoms with Gasteiger partial charge in [0.05, 0.1) is 5.56 Å². The molecule has 0 unspecified atom stereocenters. The van der Waals surface area contributed by atoms with Crippen LogP contribution in [0, 0.1) is 6.92 Å². The van der Waals surface area contributed by atoms with E-state index in [1.54, 1.807) is 18.2 Å². The molecule has 0 bridgehead atoms. The molecule has 5 heteroatoms. The molecule has 0 aliphatic carbocycles. The fraction of sp³-hybridized carbons (Fsp3) is 0.235. The standard InChI is InChI=1S/C17H16F3NO/c1-12-5-7-13(8-6-12)16(22)9-10-21-15-4-2-3-14(11-15)17(18,19)20/h2-8,11,21H,9-10H2,1H3. The molecule has 0 saturated heterocycles. The summed E-state index contributed by atoms with van der Waals surface area (Å²) < 4.78 is 37.8. The molecule has 116 valence electrons. The van der Waals surface area contributed by atoms with Crippen molar-refractivity contribution in [3.63, 3.8) is 0 Å². The zero-order valence-electron chi connectivity index (χ0n) is 12.1. The molecule has 0 aliphatic heterocycles. The van der Waals surface area contributed by atoms with Gasteiger partial charge >= 0.3 is 6.18 Å². The van der Waals surface area contributed by atoms with E-state index in [4.69, 9.17) is 0 Å². The average Bonchev–Trinajstić information content (AvgIpc) is 2.47. The first-order valence-electron chi connectivity index (χ1n) is 6.87. The number of rotatable bonds is 5. The first-order chi connectivity index (χ1) is 10.4. The maximum Gasteiger partial charge on any atom is 0.416 e. The number of anilines is 1. The first kappa shape index (κ1) is 16.1. The van der Waals surface area contributed by atoms with E-state index in [0.717, 1.165) is 17.7 Å². The highest BCUT2D eigenvalue weighted by Crippen LogP contribution is 2.30. The lowest BCUT2D eigenvalue weighted by Crippen LogP contribution is -2.10. The van der Waals surface area contributed by atoms with Gasteiger partial charge in [-0.15, -0.1) is 0 Å². The normalized spacial score (nSPS) is 11.3. The molecule has 2 aromatic carbocycles. The van der Waals surface area contributed by atoms with Gasteiger partial charge < -0.3 is 5.32 Å². The van der Waals surface area contributed by atoms with Crippen LogP contribution in [0.15, 0.2) is 48.5 Å². The van der Waals surface area contributed by atoms with Gasteiger partial charge in [0.15, 0.2) is 5.78 Å². The number of carbonyl (C=O) groups is 1. The maximum absolute atomic E-state index is 12.6. The lowest BCUT2D eigenvalue weighted by molar-refractivity contribution is -0.137. The average molecular weight is 307 g/mol. The van der Waals surface area contributed by atoms with Crippen LogP contribution in [0.3, 0.4) is 0 Å². The fourth-order valence-corrected chi connectivity index (χ4v) is 2.01. The van der Waals surface area contributed by atoms with Crippen LogP contribution in [0.1, 0.15) is 27.9 Å². The van der Waals surface area contributed by atoms with Gasteiger partial charge in [0.25, 0.3) is 0 Å². The molecular formula is C17H16F3NO. The van der Waals surface area contributed by atoms with E-state index in [-0.39, 0.29) is 18.7 Å². The zero-order chi connectivity index (χ0) is 16.2. The van der Waals surface area contributed by atoms with E-state index in [0.29, 0.717) is 11.3 Å². The molecule has 0 atom stereocenters. The van der Waals surface area contributed by atoms with Crippen LogP contribution in [0.5, 0.6) is 0 Å². The third-order valence-corrected chi connectivity index (χ3v) is 3.24. The Bertz CT molecular complexity index is 648. The highest BCUT2D eigenvalue weighted by Gasteiger charge is 2.30. The molecule has 0 aliphatic rings.